The lowest BCUT2D eigenvalue weighted by atomic mass is 9.59. The smallest absolute Gasteiger partial charge is 0.412 e. The van der Waals surface area contributed by atoms with Gasteiger partial charge in [0.2, 0.25) is 0 Å². The summed E-state index contributed by atoms with van der Waals surface area (Å²) in [6, 6.07) is 4.83. The molecule has 7 heteroatoms. The average molecular weight is 345 g/mol. The molecule has 1 aromatic heterocycles. The first kappa shape index (κ1) is 16.1. The molecule has 2 N–H and O–H groups in total. The molecule has 0 bridgehead atoms. The lowest BCUT2D eigenvalue weighted by Crippen LogP contribution is -2.37. The molecule has 1 saturated heterocycles. The maximum Gasteiger partial charge on any atom is 0.412 e. The standard InChI is InChI=1S/C18H20FN3O3/c19-16-5-13(22-17(23)24-9-14-8-21-11-25-14)1-2-15(16)12-6-18(7-12)3-4-20-10-18/h1-2,5,8,11-12,20H,3-4,6-7,9-10H2,(H,22,23). The molecule has 0 atom stereocenters. The first-order chi connectivity index (χ1) is 12.1. The van der Waals surface area contributed by atoms with Gasteiger partial charge in [-0.25, -0.2) is 14.2 Å². The summed E-state index contributed by atoms with van der Waals surface area (Å²) in [6.07, 6.45) is 5.31. The Labute approximate surface area is 144 Å². The van der Waals surface area contributed by atoms with Crippen LogP contribution in [0.1, 0.15) is 36.5 Å². The number of carbonyl (C=O) groups is 1. The van der Waals surface area contributed by atoms with Gasteiger partial charge < -0.3 is 14.5 Å². The van der Waals surface area contributed by atoms with Crippen LogP contribution in [0.2, 0.25) is 0 Å². The first-order valence-corrected chi connectivity index (χ1v) is 8.45. The van der Waals surface area contributed by atoms with Gasteiger partial charge >= 0.3 is 6.09 Å². The highest BCUT2D eigenvalue weighted by atomic mass is 19.1. The fraction of sp³-hybridized carbons (Fsp3) is 0.444. The van der Waals surface area contributed by atoms with E-state index in [2.05, 4.69) is 15.6 Å². The van der Waals surface area contributed by atoms with Crippen LogP contribution in [0.25, 0.3) is 0 Å². The molecule has 1 aliphatic heterocycles. The van der Waals surface area contributed by atoms with Gasteiger partial charge in [0, 0.05) is 12.2 Å². The van der Waals surface area contributed by atoms with E-state index in [-0.39, 0.29) is 18.3 Å². The molecule has 2 aromatic rings. The average Bonchev–Trinajstić information content (AvgIpc) is 3.24. The number of aromatic nitrogens is 1. The van der Waals surface area contributed by atoms with Crippen LogP contribution in [0.15, 0.2) is 35.2 Å². The van der Waals surface area contributed by atoms with E-state index in [4.69, 9.17) is 9.15 Å². The van der Waals surface area contributed by atoms with E-state index in [0.29, 0.717) is 16.9 Å². The van der Waals surface area contributed by atoms with Crippen molar-refractivity contribution in [3.63, 3.8) is 0 Å². The summed E-state index contributed by atoms with van der Waals surface area (Å²) in [4.78, 5) is 15.5. The number of hydrogen-bond acceptors (Lipinski definition) is 5. The van der Waals surface area contributed by atoms with Crippen molar-refractivity contribution in [3.8, 4) is 0 Å². The largest absolute Gasteiger partial charge is 0.445 e. The van der Waals surface area contributed by atoms with Crippen molar-refractivity contribution in [2.75, 3.05) is 18.4 Å². The molecule has 1 aliphatic carbocycles. The lowest BCUT2D eigenvalue weighted by Gasteiger charge is -2.45. The molecule has 1 amide bonds. The highest BCUT2D eigenvalue weighted by Crippen LogP contribution is 2.54. The molecular formula is C18H20FN3O3. The number of benzene rings is 1. The summed E-state index contributed by atoms with van der Waals surface area (Å²) < 4.78 is 24.4. The second kappa shape index (κ2) is 6.48. The summed E-state index contributed by atoms with van der Waals surface area (Å²) in [5.74, 6) is 0.434. The quantitative estimate of drug-likeness (QED) is 0.888. The second-order valence-corrected chi connectivity index (χ2v) is 6.94. The minimum atomic E-state index is -0.664. The Morgan fingerprint density at radius 2 is 2.36 bits per heavy atom. The van der Waals surface area contributed by atoms with E-state index in [1.54, 1.807) is 12.1 Å². The minimum Gasteiger partial charge on any atom is -0.445 e. The predicted octanol–water partition coefficient (Wildman–Crippen LogP) is 3.42. The van der Waals surface area contributed by atoms with Crippen molar-refractivity contribution < 1.29 is 18.3 Å². The Morgan fingerprint density at radius 3 is 3.04 bits per heavy atom. The van der Waals surface area contributed by atoms with Crippen LogP contribution < -0.4 is 10.6 Å². The number of nitrogens with zero attached hydrogens (tertiary/aromatic N) is 1. The third-order valence-electron chi connectivity index (χ3n) is 5.21. The lowest BCUT2D eigenvalue weighted by molar-refractivity contribution is 0.125. The first-order valence-electron chi connectivity index (χ1n) is 8.45. The summed E-state index contributed by atoms with van der Waals surface area (Å²) >= 11 is 0. The van der Waals surface area contributed by atoms with Crippen molar-refractivity contribution in [1.82, 2.24) is 10.3 Å². The molecule has 0 unspecified atom stereocenters. The normalized spacial score (nSPS) is 24.9. The fourth-order valence-corrected chi connectivity index (χ4v) is 3.89. The molecule has 2 heterocycles. The van der Waals surface area contributed by atoms with E-state index in [1.165, 1.54) is 25.1 Å². The van der Waals surface area contributed by atoms with Gasteiger partial charge in [0.1, 0.15) is 5.82 Å². The molecule has 1 saturated carbocycles. The highest BCUT2D eigenvalue weighted by molar-refractivity contribution is 5.84. The molecule has 1 spiro atoms. The number of carbonyl (C=O) groups excluding carboxylic acids is 1. The van der Waals surface area contributed by atoms with Crippen LogP contribution >= 0.6 is 0 Å². The Hall–Kier alpha value is -2.41. The Balaban J connectivity index is 1.33. The minimum absolute atomic E-state index is 0.0232. The second-order valence-electron chi connectivity index (χ2n) is 6.94. The molecule has 25 heavy (non-hydrogen) atoms. The van der Waals surface area contributed by atoms with Crippen molar-refractivity contribution in [2.45, 2.75) is 31.8 Å². The number of amides is 1. The van der Waals surface area contributed by atoms with Gasteiger partial charge in [-0.05, 0) is 54.8 Å². The van der Waals surface area contributed by atoms with Gasteiger partial charge in [-0.15, -0.1) is 0 Å². The zero-order valence-electron chi connectivity index (χ0n) is 13.8. The van der Waals surface area contributed by atoms with E-state index < -0.39 is 6.09 Å². The zero-order valence-corrected chi connectivity index (χ0v) is 13.8. The Kier molecular flexibility index (Phi) is 4.17. The van der Waals surface area contributed by atoms with Crippen LogP contribution in [-0.4, -0.2) is 24.2 Å². The van der Waals surface area contributed by atoms with Crippen LogP contribution in [0.4, 0.5) is 14.9 Å². The van der Waals surface area contributed by atoms with Crippen molar-refractivity contribution in [2.24, 2.45) is 5.41 Å². The molecule has 6 nitrogen and oxygen atoms in total. The molecule has 2 fully saturated rings. The zero-order chi connectivity index (χ0) is 17.3. The molecule has 2 aliphatic rings. The molecule has 132 valence electrons. The SMILES string of the molecule is O=C(Nc1ccc(C2CC3(CCNC3)C2)c(F)c1)OCc1cnco1. The van der Waals surface area contributed by atoms with E-state index in [0.717, 1.165) is 31.5 Å². The summed E-state index contributed by atoms with van der Waals surface area (Å²) in [5, 5.41) is 5.91. The number of oxazole rings is 1. The number of ether oxygens (including phenoxy) is 1. The van der Waals surface area contributed by atoms with Gasteiger partial charge in [-0.3, -0.25) is 5.32 Å². The third kappa shape index (κ3) is 3.37. The summed E-state index contributed by atoms with van der Waals surface area (Å²) in [7, 11) is 0. The van der Waals surface area contributed by atoms with Gasteiger partial charge in [-0.1, -0.05) is 6.07 Å². The number of hydrogen-bond donors (Lipinski definition) is 2. The topological polar surface area (TPSA) is 76.4 Å². The summed E-state index contributed by atoms with van der Waals surface area (Å²) in [5.41, 5.74) is 1.48. The van der Waals surface area contributed by atoms with Gasteiger partial charge in [-0.2, -0.15) is 0 Å². The number of nitrogens with one attached hydrogen (secondary N) is 2. The van der Waals surface area contributed by atoms with Crippen molar-refractivity contribution in [1.29, 1.82) is 0 Å². The monoisotopic (exact) mass is 345 g/mol. The predicted molar refractivity (Wildman–Crippen MR) is 88.6 cm³/mol. The Morgan fingerprint density at radius 1 is 1.48 bits per heavy atom. The van der Waals surface area contributed by atoms with Crippen LogP contribution in [0.5, 0.6) is 0 Å². The Bertz CT molecular complexity index is 749. The maximum absolute atomic E-state index is 14.4. The van der Waals surface area contributed by atoms with E-state index >= 15 is 0 Å². The maximum atomic E-state index is 14.4. The van der Waals surface area contributed by atoms with Crippen LogP contribution in [0, 0.1) is 11.2 Å². The van der Waals surface area contributed by atoms with Crippen molar-refractivity contribution >= 4 is 11.8 Å². The molecule has 0 radical (unpaired) electrons. The number of rotatable bonds is 4. The van der Waals surface area contributed by atoms with Crippen molar-refractivity contribution in [3.05, 3.63) is 47.9 Å². The highest BCUT2D eigenvalue weighted by Gasteiger charge is 2.46. The van der Waals surface area contributed by atoms with Crippen LogP contribution in [0.3, 0.4) is 0 Å². The molecule has 1 aromatic carbocycles. The van der Waals surface area contributed by atoms with Gasteiger partial charge in [0.25, 0.3) is 0 Å². The van der Waals surface area contributed by atoms with Crippen LogP contribution in [-0.2, 0) is 11.3 Å². The summed E-state index contributed by atoms with van der Waals surface area (Å²) in [6.45, 7) is 2.08. The third-order valence-corrected chi connectivity index (χ3v) is 5.21. The number of anilines is 1. The van der Waals surface area contributed by atoms with Gasteiger partial charge in [0.15, 0.2) is 18.8 Å². The van der Waals surface area contributed by atoms with E-state index in [9.17, 15) is 9.18 Å². The number of halogens is 1. The fourth-order valence-electron chi connectivity index (χ4n) is 3.89. The van der Waals surface area contributed by atoms with Gasteiger partial charge in [0.05, 0.1) is 6.20 Å². The molecule has 4 rings (SSSR count). The van der Waals surface area contributed by atoms with E-state index in [1.807, 2.05) is 0 Å². The molecular weight excluding hydrogens is 325 g/mol.